The van der Waals surface area contributed by atoms with Gasteiger partial charge in [-0.05, 0) is 25.3 Å². The van der Waals surface area contributed by atoms with E-state index >= 15 is 0 Å². The second-order valence-electron chi connectivity index (χ2n) is 3.87. The molecule has 0 fully saturated rings. The second kappa shape index (κ2) is 4.56. The number of carbonyl (C=O) groups is 1. The molecule has 0 unspecified atom stereocenters. The lowest BCUT2D eigenvalue weighted by Gasteiger charge is -2.19. The molecule has 81 valence electrons. The van der Waals surface area contributed by atoms with Crippen LogP contribution in [0.4, 0.5) is 0 Å². The molecule has 16 heavy (non-hydrogen) atoms. The van der Waals surface area contributed by atoms with E-state index in [0.717, 1.165) is 35.3 Å². The standard InChI is InChI=1S/C13H14BO2/c1-9(16-14-2)11-8-7-10-5-3-4-6-12(10)13(11)15/h3-6H,7-8H2,1-2H3/b11-9-. The number of hydrogen-bond acceptors (Lipinski definition) is 2. The minimum absolute atomic E-state index is 0.112. The molecular formula is C13H14BO2. The molecule has 0 spiro atoms. The maximum atomic E-state index is 12.2. The third-order valence-corrected chi connectivity index (χ3v) is 2.90. The number of benzene rings is 1. The van der Waals surface area contributed by atoms with Crippen molar-refractivity contribution in [3.8, 4) is 0 Å². The molecule has 1 radical (unpaired) electrons. The maximum absolute atomic E-state index is 12.2. The highest BCUT2D eigenvalue weighted by Crippen LogP contribution is 2.27. The van der Waals surface area contributed by atoms with Gasteiger partial charge >= 0.3 is 7.48 Å². The predicted octanol–water partition coefficient (Wildman–Crippen LogP) is 2.77. The summed E-state index contributed by atoms with van der Waals surface area (Å²) in [6.07, 6.45) is 1.69. The van der Waals surface area contributed by atoms with Gasteiger partial charge in [-0.3, -0.25) is 4.79 Å². The van der Waals surface area contributed by atoms with Crippen molar-refractivity contribution < 1.29 is 9.45 Å². The summed E-state index contributed by atoms with van der Waals surface area (Å²) >= 11 is 0. The summed E-state index contributed by atoms with van der Waals surface area (Å²) in [4.78, 5) is 12.2. The summed E-state index contributed by atoms with van der Waals surface area (Å²) in [5.41, 5.74) is 2.77. The van der Waals surface area contributed by atoms with Crippen molar-refractivity contribution in [1.82, 2.24) is 0 Å². The first-order valence-electron chi connectivity index (χ1n) is 5.51. The van der Waals surface area contributed by atoms with Crippen molar-refractivity contribution >= 4 is 13.3 Å². The van der Waals surface area contributed by atoms with Crippen LogP contribution >= 0.6 is 0 Å². The minimum atomic E-state index is 0.112. The minimum Gasteiger partial charge on any atom is -0.566 e. The van der Waals surface area contributed by atoms with E-state index < -0.39 is 0 Å². The number of carbonyl (C=O) groups excluding carboxylic acids is 1. The molecule has 1 aliphatic rings. The van der Waals surface area contributed by atoms with Crippen LogP contribution in [0.5, 0.6) is 0 Å². The van der Waals surface area contributed by atoms with Gasteiger partial charge in [-0.1, -0.05) is 31.1 Å². The molecule has 0 aromatic heterocycles. The van der Waals surface area contributed by atoms with Crippen molar-refractivity contribution in [2.45, 2.75) is 26.6 Å². The Labute approximate surface area is 96.6 Å². The highest BCUT2D eigenvalue weighted by atomic mass is 16.4. The molecule has 1 aromatic rings. The average Bonchev–Trinajstić information content (AvgIpc) is 2.30. The number of allylic oxidation sites excluding steroid dienone is 2. The van der Waals surface area contributed by atoms with E-state index in [2.05, 4.69) is 0 Å². The highest BCUT2D eigenvalue weighted by Gasteiger charge is 2.23. The van der Waals surface area contributed by atoms with Gasteiger partial charge in [0.15, 0.2) is 5.78 Å². The third kappa shape index (κ3) is 1.90. The summed E-state index contributed by atoms with van der Waals surface area (Å²) in [5, 5.41) is 0. The third-order valence-electron chi connectivity index (χ3n) is 2.90. The van der Waals surface area contributed by atoms with E-state index in [1.165, 1.54) is 0 Å². The van der Waals surface area contributed by atoms with Crippen molar-refractivity contribution in [2.24, 2.45) is 0 Å². The normalized spacial score (nSPS) is 17.8. The molecule has 0 saturated heterocycles. The molecule has 3 heteroatoms. The Bertz CT molecular complexity index is 449. The van der Waals surface area contributed by atoms with E-state index in [1.807, 2.05) is 38.0 Å². The SMILES string of the molecule is C[B]O/C(C)=C1/CCc2ccccc2C1=O. The smallest absolute Gasteiger partial charge is 0.366 e. The molecule has 0 aliphatic heterocycles. The van der Waals surface area contributed by atoms with Gasteiger partial charge in [0.1, 0.15) is 0 Å². The monoisotopic (exact) mass is 213 g/mol. The van der Waals surface area contributed by atoms with Gasteiger partial charge in [0.2, 0.25) is 0 Å². The van der Waals surface area contributed by atoms with Gasteiger partial charge in [0, 0.05) is 11.1 Å². The van der Waals surface area contributed by atoms with Gasteiger partial charge in [-0.2, -0.15) is 0 Å². The van der Waals surface area contributed by atoms with Crippen molar-refractivity contribution in [3.63, 3.8) is 0 Å². The molecule has 0 saturated carbocycles. The van der Waals surface area contributed by atoms with Crippen molar-refractivity contribution in [3.05, 3.63) is 46.7 Å². The van der Waals surface area contributed by atoms with Crippen LogP contribution in [0.15, 0.2) is 35.6 Å². The van der Waals surface area contributed by atoms with Crippen LogP contribution in [0.2, 0.25) is 6.82 Å². The first kappa shape index (κ1) is 11.0. The number of hydrogen-bond donors (Lipinski definition) is 0. The Morgan fingerprint density at radius 1 is 1.31 bits per heavy atom. The predicted molar refractivity (Wildman–Crippen MR) is 64.5 cm³/mol. The lowest BCUT2D eigenvalue weighted by atomic mass is 9.86. The zero-order valence-corrected chi connectivity index (χ0v) is 9.62. The Morgan fingerprint density at radius 2 is 2.06 bits per heavy atom. The summed E-state index contributed by atoms with van der Waals surface area (Å²) in [5.74, 6) is 0.836. The van der Waals surface area contributed by atoms with Crippen LogP contribution in [0.3, 0.4) is 0 Å². The molecule has 1 aromatic carbocycles. The first-order chi connectivity index (χ1) is 7.74. The number of ketones is 1. The van der Waals surface area contributed by atoms with Crippen LogP contribution in [0, 0.1) is 0 Å². The molecule has 0 atom stereocenters. The number of fused-ring (bicyclic) bond motifs is 1. The molecule has 0 amide bonds. The topological polar surface area (TPSA) is 26.3 Å². The second-order valence-corrected chi connectivity index (χ2v) is 3.87. The molecule has 0 bridgehead atoms. The van der Waals surface area contributed by atoms with E-state index in [1.54, 1.807) is 7.48 Å². The van der Waals surface area contributed by atoms with E-state index in [9.17, 15) is 4.79 Å². The average molecular weight is 213 g/mol. The van der Waals surface area contributed by atoms with E-state index in [0.29, 0.717) is 0 Å². The van der Waals surface area contributed by atoms with Crippen LogP contribution in [0.25, 0.3) is 0 Å². The van der Waals surface area contributed by atoms with Crippen LogP contribution in [-0.4, -0.2) is 13.3 Å². The summed E-state index contributed by atoms with van der Waals surface area (Å²) in [6.45, 7) is 3.66. The van der Waals surface area contributed by atoms with Crippen LogP contribution < -0.4 is 0 Å². The molecule has 0 heterocycles. The Balaban J connectivity index is 2.38. The van der Waals surface area contributed by atoms with Gasteiger partial charge in [-0.25, -0.2) is 0 Å². The zero-order valence-electron chi connectivity index (χ0n) is 9.62. The lowest BCUT2D eigenvalue weighted by molar-refractivity contribution is 0.102. The fourth-order valence-electron chi connectivity index (χ4n) is 2.08. The largest absolute Gasteiger partial charge is 0.566 e. The molecule has 2 rings (SSSR count). The Hall–Kier alpha value is -1.51. The summed E-state index contributed by atoms with van der Waals surface area (Å²) in [6, 6.07) is 7.79. The van der Waals surface area contributed by atoms with Crippen LogP contribution in [-0.2, 0) is 11.1 Å². The van der Waals surface area contributed by atoms with Gasteiger partial charge < -0.3 is 4.65 Å². The molecule has 0 N–H and O–H groups in total. The fourth-order valence-corrected chi connectivity index (χ4v) is 2.08. The number of Topliss-reactive ketones (excluding diaryl/α,β-unsaturated/α-hetero) is 1. The summed E-state index contributed by atoms with van der Waals surface area (Å²) in [7, 11) is 1.61. The first-order valence-corrected chi connectivity index (χ1v) is 5.51. The van der Waals surface area contributed by atoms with Gasteiger partial charge in [-0.15, -0.1) is 0 Å². The highest BCUT2D eigenvalue weighted by molar-refractivity contribution is 6.25. The number of aryl methyl sites for hydroxylation is 1. The zero-order chi connectivity index (χ0) is 11.5. The van der Waals surface area contributed by atoms with E-state index in [4.69, 9.17) is 4.65 Å². The maximum Gasteiger partial charge on any atom is 0.366 e. The van der Waals surface area contributed by atoms with Crippen molar-refractivity contribution in [1.29, 1.82) is 0 Å². The lowest BCUT2D eigenvalue weighted by Crippen LogP contribution is -2.16. The van der Waals surface area contributed by atoms with Crippen molar-refractivity contribution in [2.75, 3.05) is 0 Å². The number of rotatable bonds is 2. The van der Waals surface area contributed by atoms with E-state index in [-0.39, 0.29) is 5.78 Å². The summed E-state index contributed by atoms with van der Waals surface area (Å²) < 4.78 is 5.30. The van der Waals surface area contributed by atoms with Crippen LogP contribution in [0.1, 0.15) is 29.3 Å². The molecule has 1 aliphatic carbocycles. The Morgan fingerprint density at radius 3 is 2.81 bits per heavy atom. The van der Waals surface area contributed by atoms with Gasteiger partial charge in [0.25, 0.3) is 0 Å². The molecule has 2 nitrogen and oxygen atoms in total. The molecular weight excluding hydrogens is 199 g/mol. The Kier molecular flexibility index (Phi) is 3.13. The quantitative estimate of drug-likeness (QED) is 0.429. The fraction of sp³-hybridized carbons (Fsp3) is 0.308. The van der Waals surface area contributed by atoms with Gasteiger partial charge in [0.05, 0.1) is 5.76 Å².